The minimum atomic E-state index is -0.679. The molecule has 1 rings (SSSR count). The van der Waals surface area contributed by atoms with Gasteiger partial charge in [0, 0.05) is 13.1 Å². The minimum absolute atomic E-state index is 0.409. The zero-order chi connectivity index (χ0) is 19.7. The molecular weight excluding hydrogens is 328 g/mol. The van der Waals surface area contributed by atoms with Crippen molar-refractivity contribution in [2.45, 2.75) is 65.7 Å². The van der Waals surface area contributed by atoms with Crippen LogP contribution in [0.25, 0.3) is 0 Å². The fourth-order valence-electron chi connectivity index (χ4n) is 2.85. The van der Waals surface area contributed by atoms with Crippen molar-refractivity contribution in [1.82, 2.24) is 10.2 Å². The van der Waals surface area contributed by atoms with Gasteiger partial charge in [-0.15, -0.1) is 0 Å². The smallest absolute Gasteiger partial charge is 0.407 e. The van der Waals surface area contributed by atoms with Crippen molar-refractivity contribution in [3.8, 4) is 0 Å². The number of aliphatic hydroxyl groups is 1. The van der Waals surface area contributed by atoms with Gasteiger partial charge in [0.25, 0.3) is 0 Å². The summed E-state index contributed by atoms with van der Waals surface area (Å²) in [5.74, 6) is 0.522. The summed E-state index contributed by atoms with van der Waals surface area (Å²) >= 11 is 0. The Hall–Kier alpha value is -1.59. The van der Waals surface area contributed by atoms with E-state index in [2.05, 4.69) is 31.0 Å². The van der Waals surface area contributed by atoms with Crippen LogP contribution in [0.5, 0.6) is 0 Å². The van der Waals surface area contributed by atoms with Gasteiger partial charge in [-0.25, -0.2) is 4.79 Å². The van der Waals surface area contributed by atoms with Crippen LogP contribution in [0.3, 0.4) is 0 Å². The second-order valence-corrected chi connectivity index (χ2v) is 8.26. The van der Waals surface area contributed by atoms with Gasteiger partial charge in [0.05, 0.1) is 12.1 Å². The second kappa shape index (κ2) is 10.5. The normalized spacial score (nSPS) is 14.3. The van der Waals surface area contributed by atoms with Crippen LogP contribution >= 0.6 is 0 Å². The van der Waals surface area contributed by atoms with Crippen molar-refractivity contribution in [1.29, 1.82) is 0 Å². The third-order valence-corrected chi connectivity index (χ3v) is 3.98. The lowest BCUT2D eigenvalue weighted by atomic mass is 10.0. The number of carbonyl (C=O) groups is 1. The van der Waals surface area contributed by atoms with E-state index in [1.807, 2.05) is 51.1 Å². The Morgan fingerprint density at radius 1 is 1.19 bits per heavy atom. The molecule has 0 heterocycles. The zero-order valence-electron chi connectivity index (χ0n) is 17.2. The lowest BCUT2D eigenvalue weighted by Crippen LogP contribution is -2.51. The van der Waals surface area contributed by atoms with E-state index in [0.717, 1.165) is 18.7 Å². The van der Waals surface area contributed by atoms with E-state index in [1.165, 1.54) is 0 Å². The molecule has 0 fully saturated rings. The highest BCUT2D eigenvalue weighted by Crippen LogP contribution is 2.12. The minimum Gasteiger partial charge on any atom is -0.444 e. The van der Waals surface area contributed by atoms with Gasteiger partial charge in [0.2, 0.25) is 0 Å². The lowest BCUT2D eigenvalue weighted by molar-refractivity contribution is 0.0360. The SMILES string of the molecule is CCN(CC(C)C)C[C@@H](O)[C@H](Cc1ccccc1)NC(=O)OC(C)(C)C. The Bertz CT molecular complexity index is 526. The Balaban J connectivity index is 2.82. The van der Waals surface area contributed by atoms with Gasteiger partial charge in [-0.3, -0.25) is 0 Å². The molecule has 148 valence electrons. The average Bonchev–Trinajstić information content (AvgIpc) is 2.52. The molecule has 0 bridgehead atoms. The molecule has 0 aliphatic rings. The van der Waals surface area contributed by atoms with Crippen LogP contribution in [0, 0.1) is 5.92 Å². The largest absolute Gasteiger partial charge is 0.444 e. The Labute approximate surface area is 158 Å². The summed E-state index contributed by atoms with van der Waals surface area (Å²) in [5, 5.41) is 13.7. The predicted molar refractivity (Wildman–Crippen MR) is 106 cm³/mol. The van der Waals surface area contributed by atoms with Crippen LogP contribution in [0.1, 0.15) is 47.1 Å². The van der Waals surface area contributed by atoms with Crippen LogP contribution in [-0.4, -0.2) is 53.5 Å². The Morgan fingerprint density at radius 3 is 2.31 bits per heavy atom. The van der Waals surface area contributed by atoms with Crippen molar-refractivity contribution < 1.29 is 14.6 Å². The molecule has 0 aromatic heterocycles. The third-order valence-electron chi connectivity index (χ3n) is 3.98. The highest BCUT2D eigenvalue weighted by atomic mass is 16.6. The number of hydrogen-bond acceptors (Lipinski definition) is 4. The van der Waals surface area contributed by atoms with Crippen LogP contribution in [0.4, 0.5) is 4.79 Å². The zero-order valence-corrected chi connectivity index (χ0v) is 17.2. The quantitative estimate of drug-likeness (QED) is 0.704. The van der Waals surface area contributed by atoms with Crippen LogP contribution in [0.15, 0.2) is 30.3 Å². The number of nitrogens with one attached hydrogen (secondary N) is 1. The molecule has 0 aliphatic heterocycles. The molecular formula is C21H36N2O3. The number of rotatable bonds is 9. The number of benzene rings is 1. The lowest BCUT2D eigenvalue weighted by Gasteiger charge is -2.31. The molecule has 1 aromatic carbocycles. The number of alkyl carbamates (subject to hydrolysis) is 1. The monoisotopic (exact) mass is 364 g/mol. The Kier molecular flexibility index (Phi) is 9.09. The van der Waals surface area contributed by atoms with Gasteiger partial charge < -0.3 is 20.1 Å². The van der Waals surface area contributed by atoms with Gasteiger partial charge >= 0.3 is 6.09 Å². The molecule has 1 aromatic rings. The van der Waals surface area contributed by atoms with E-state index < -0.39 is 23.8 Å². The standard InChI is InChI=1S/C21H36N2O3/c1-7-23(14-16(2)3)15-19(24)18(13-17-11-9-8-10-12-17)22-20(25)26-21(4,5)6/h8-12,16,18-19,24H,7,13-15H2,1-6H3,(H,22,25)/t18-,19+/m0/s1. The summed E-state index contributed by atoms with van der Waals surface area (Å²) < 4.78 is 5.38. The topological polar surface area (TPSA) is 61.8 Å². The number of nitrogens with zero attached hydrogens (tertiary/aromatic N) is 1. The maximum atomic E-state index is 12.2. The molecule has 5 nitrogen and oxygen atoms in total. The molecule has 26 heavy (non-hydrogen) atoms. The Morgan fingerprint density at radius 2 is 1.81 bits per heavy atom. The van der Waals surface area contributed by atoms with Crippen molar-refractivity contribution in [3.63, 3.8) is 0 Å². The van der Waals surface area contributed by atoms with Crippen LogP contribution in [0.2, 0.25) is 0 Å². The highest BCUT2D eigenvalue weighted by molar-refractivity contribution is 5.68. The molecule has 1 amide bonds. The van der Waals surface area contributed by atoms with Gasteiger partial charge in [-0.1, -0.05) is 51.1 Å². The van der Waals surface area contributed by atoms with Crippen LogP contribution in [-0.2, 0) is 11.2 Å². The van der Waals surface area contributed by atoms with Gasteiger partial charge in [0.15, 0.2) is 0 Å². The average molecular weight is 365 g/mol. The molecule has 2 atom stereocenters. The van der Waals surface area contributed by atoms with Crippen molar-refractivity contribution in [2.75, 3.05) is 19.6 Å². The molecule has 0 spiro atoms. The first-order chi connectivity index (χ1) is 12.1. The first-order valence-corrected chi connectivity index (χ1v) is 9.54. The summed E-state index contributed by atoms with van der Waals surface area (Å²) in [6, 6.07) is 9.47. The predicted octanol–water partition coefficient (Wildman–Crippen LogP) is 3.46. The number of ether oxygens (including phenoxy) is 1. The highest BCUT2D eigenvalue weighted by Gasteiger charge is 2.26. The summed E-state index contributed by atoms with van der Waals surface area (Å²) in [7, 11) is 0. The number of aliphatic hydroxyl groups excluding tert-OH is 1. The van der Waals surface area contributed by atoms with E-state index >= 15 is 0 Å². The number of hydrogen-bond donors (Lipinski definition) is 2. The number of amides is 1. The number of likely N-dealkylation sites (N-methyl/N-ethyl adjacent to an activating group) is 1. The maximum absolute atomic E-state index is 12.2. The molecule has 0 aliphatic carbocycles. The fourth-order valence-corrected chi connectivity index (χ4v) is 2.85. The van der Waals surface area contributed by atoms with Crippen molar-refractivity contribution in [3.05, 3.63) is 35.9 Å². The fraction of sp³-hybridized carbons (Fsp3) is 0.667. The second-order valence-electron chi connectivity index (χ2n) is 8.26. The summed E-state index contributed by atoms with van der Waals surface area (Å²) in [6.07, 6.45) is -0.619. The van der Waals surface area contributed by atoms with Crippen LogP contribution < -0.4 is 5.32 Å². The van der Waals surface area contributed by atoms with Crippen molar-refractivity contribution >= 4 is 6.09 Å². The number of carbonyl (C=O) groups excluding carboxylic acids is 1. The van der Waals surface area contributed by atoms with E-state index in [4.69, 9.17) is 4.74 Å². The molecule has 0 saturated carbocycles. The maximum Gasteiger partial charge on any atom is 0.407 e. The third kappa shape index (κ3) is 9.20. The summed E-state index contributed by atoms with van der Waals surface area (Å²) in [4.78, 5) is 14.5. The molecule has 2 N–H and O–H groups in total. The first kappa shape index (κ1) is 22.5. The van der Waals surface area contributed by atoms with Gasteiger partial charge in [-0.2, -0.15) is 0 Å². The first-order valence-electron chi connectivity index (χ1n) is 9.54. The van der Waals surface area contributed by atoms with E-state index in [0.29, 0.717) is 18.9 Å². The van der Waals surface area contributed by atoms with Crippen molar-refractivity contribution in [2.24, 2.45) is 5.92 Å². The summed E-state index contributed by atoms with van der Waals surface area (Å²) in [5.41, 5.74) is 0.499. The summed E-state index contributed by atoms with van der Waals surface area (Å²) in [6.45, 7) is 14.2. The molecule has 5 heteroatoms. The molecule has 0 unspecified atom stereocenters. The molecule has 0 radical (unpaired) electrons. The molecule has 0 saturated heterocycles. The van der Waals surface area contributed by atoms with Gasteiger partial charge in [-0.05, 0) is 45.2 Å². The van der Waals surface area contributed by atoms with E-state index in [-0.39, 0.29) is 0 Å². The van der Waals surface area contributed by atoms with Gasteiger partial charge in [0.1, 0.15) is 5.60 Å². The van der Waals surface area contributed by atoms with E-state index in [9.17, 15) is 9.90 Å². The van der Waals surface area contributed by atoms with E-state index in [1.54, 1.807) is 0 Å².